The number of likely N-dealkylation sites (N-methyl/N-ethyl adjacent to an activating group) is 1. The molecule has 2 rings (SSSR count). The second-order valence-electron chi connectivity index (χ2n) is 7.49. The van der Waals surface area contributed by atoms with Gasteiger partial charge in [0.1, 0.15) is 0 Å². The van der Waals surface area contributed by atoms with Crippen LogP contribution in [0.15, 0.2) is 24.3 Å². The summed E-state index contributed by atoms with van der Waals surface area (Å²) in [5, 5.41) is 3.47. The molecular weight excluding hydrogens is 338 g/mol. The molecule has 1 fully saturated rings. The first-order valence-corrected chi connectivity index (χ1v) is 9.30. The number of anilines is 1. The quantitative estimate of drug-likeness (QED) is 0.833. The van der Waals surface area contributed by atoms with Crippen molar-refractivity contribution in [2.24, 2.45) is 11.8 Å². The molecule has 1 unspecified atom stereocenters. The number of rotatable bonds is 5. The predicted molar refractivity (Wildman–Crippen MR) is 101 cm³/mol. The minimum Gasteiger partial charge on any atom is -0.337 e. The molecule has 2 amide bonds. The van der Waals surface area contributed by atoms with E-state index in [-0.39, 0.29) is 24.4 Å². The summed E-state index contributed by atoms with van der Waals surface area (Å²) in [7, 11) is 1.89. The number of hydrogen-bond donors (Lipinski definition) is 2. The number of amides is 2. The Morgan fingerprint density at radius 2 is 1.80 bits per heavy atom. The van der Waals surface area contributed by atoms with Crippen LogP contribution in [0.4, 0.5) is 5.69 Å². The van der Waals surface area contributed by atoms with Crippen LogP contribution in [0.5, 0.6) is 0 Å². The van der Waals surface area contributed by atoms with Gasteiger partial charge in [0.25, 0.3) is 11.8 Å². The molecule has 138 valence electrons. The Balaban J connectivity index is 1.88. The molecule has 1 aliphatic rings. The second-order valence-corrected chi connectivity index (χ2v) is 7.93. The van der Waals surface area contributed by atoms with E-state index in [0.29, 0.717) is 22.5 Å². The van der Waals surface area contributed by atoms with Crippen molar-refractivity contribution in [3.63, 3.8) is 0 Å². The van der Waals surface area contributed by atoms with Crippen molar-refractivity contribution < 1.29 is 14.5 Å². The van der Waals surface area contributed by atoms with Gasteiger partial charge in [0.05, 0.1) is 7.05 Å². The number of piperidine rings is 1. The van der Waals surface area contributed by atoms with Crippen molar-refractivity contribution in [2.45, 2.75) is 33.2 Å². The number of likely N-dealkylation sites (tertiary alicyclic amines) is 1. The minimum atomic E-state index is -0.242. The van der Waals surface area contributed by atoms with E-state index in [4.69, 9.17) is 11.6 Å². The van der Waals surface area contributed by atoms with Crippen molar-refractivity contribution in [3.05, 3.63) is 29.3 Å². The zero-order valence-corrected chi connectivity index (χ0v) is 16.3. The molecule has 2 N–H and O–H groups in total. The lowest BCUT2D eigenvalue weighted by Crippen LogP contribution is -3.15. The second kappa shape index (κ2) is 8.68. The highest BCUT2D eigenvalue weighted by Crippen LogP contribution is 2.21. The molecule has 0 aliphatic carbocycles. The summed E-state index contributed by atoms with van der Waals surface area (Å²) in [6.07, 6.45) is 1.17. The standard InChI is InChI=1S/C19H28ClN3O2/c1-13-9-14(2)11-23(10-13)19(25)15(3)22(4)12-18(24)21-17-7-5-16(20)6-8-17/h5-8,13-15H,9-12H2,1-4H3,(H,21,24)/p+1/t13-,14-,15+/m0/s1. The number of carbonyl (C=O) groups is 2. The van der Waals surface area contributed by atoms with E-state index in [1.807, 2.05) is 18.9 Å². The van der Waals surface area contributed by atoms with Crippen LogP contribution in [0.25, 0.3) is 0 Å². The summed E-state index contributed by atoms with van der Waals surface area (Å²) in [6, 6.07) is 6.76. The molecule has 1 aliphatic heterocycles. The van der Waals surface area contributed by atoms with E-state index in [1.165, 1.54) is 6.42 Å². The van der Waals surface area contributed by atoms with Gasteiger partial charge in [-0.3, -0.25) is 9.59 Å². The van der Waals surface area contributed by atoms with E-state index in [9.17, 15) is 9.59 Å². The fraction of sp³-hybridized carbons (Fsp3) is 0.579. The Kier molecular flexibility index (Phi) is 6.85. The van der Waals surface area contributed by atoms with Crippen molar-refractivity contribution in [1.29, 1.82) is 0 Å². The highest BCUT2D eigenvalue weighted by atomic mass is 35.5. The lowest BCUT2D eigenvalue weighted by atomic mass is 9.91. The zero-order valence-electron chi connectivity index (χ0n) is 15.5. The van der Waals surface area contributed by atoms with Gasteiger partial charge >= 0.3 is 0 Å². The lowest BCUT2D eigenvalue weighted by molar-refractivity contribution is -0.886. The molecule has 0 aromatic heterocycles. The average molecular weight is 367 g/mol. The van der Waals surface area contributed by atoms with E-state index >= 15 is 0 Å². The van der Waals surface area contributed by atoms with Gasteiger partial charge in [0.15, 0.2) is 12.6 Å². The highest BCUT2D eigenvalue weighted by Gasteiger charge is 2.32. The summed E-state index contributed by atoms with van der Waals surface area (Å²) >= 11 is 5.84. The van der Waals surface area contributed by atoms with Gasteiger partial charge in [-0.1, -0.05) is 25.4 Å². The van der Waals surface area contributed by atoms with E-state index < -0.39 is 0 Å². The molecule has 5 nitrogen and oxygen atoms in total. The van der Waals surface area contributed by atoms with Crippen molar-refractivity contribution in [3.8, 4) is 0 Å². The molecule has 0 bridgehead atoms. The molecule has 0 spiro atoms. The Hall–Kier alpha value is -1.59. The first-order valence-electron chi connectivity index (χ1n) is 8.92. The third-order valence-electron chi connectivity index (χ3n) is 4.86. The number of nitrogens with one attached hydrogen (secondary N) is 2. The SMILES string of the molecule is C[C@H]1C[C@H](C)CN(C(=O)[C@@H](C)[NH+](C)CC(=O)Nc2ccc(Cl)cc2)C1. The number of quaternary nitrogens is 1. The smallest absolute Gasteiger partial charge is 0.280 e. The normalized spacial score (nSPS) is 23.0. The number of hydrogen-bond acceptors (Lipinski definition) is 2. The third-order valence-corrected chi connectivity index (χ3v) is 5.11. The van der Waals surface area contributed by atoms with Crippen LogP contribution in [0.2, 0.25) is 5.02 Å². The summed E-state index contributed by atoms with van der Waals surface area (Å²) in [5.74, 6) is 1.09. The van der Waals surface area contributed by atoms with Crippen LogP contribution < -0.4 is 10.2 Å². The molecular formula is C19H29ClN3O2+. The van der Waals surface area contributed by atoms with Crippen molar-refractivity contribution >= 4 is 29.1 Å². The molecule has 1 aromatic rings. The Bertz CT molecular complexity index is 595. The third kappa shape index (κ3) is 5.72. The maximum atomic E-state index is 12.8. The molecule has 1 aromatic carbocycles. The van der Waals surface area contributed by atoms with Crippen LogP contribution >= 0.6 is 11.6 Å². The first-order chi connectivity index (χ1) is 11.8. The fourth-order valence-electron chi connectivity index (χ4n) is 3.47. The van der Waals surface area contributed by atoms with Crippen LogP contribution in [0.1, 0.15) is 27.2 Å². The monoisotopic (exact) mass is 366 g/mol. The number of nitrogens with zero attached hydrogens (tertiary/aromatic N) is 1. The van der Waals surface area contributed by atoms with E-state index in [0.717, 1.165) is 18.0 Å². The zero-order chi connectivity index (χ0) is 18.6. The predicted octanol–water partition coefficient (Wildman–Crippen LogP) is 1.69. The van der Waals surface area contributed by atoms with E-state index in [1.54, 1.807) is 24.3 Å². The number of halogens is 1. The van der Waals surface area contributed by atoms with Crippen LogP contribution in [-0.2, 0) is 9.59 Å². The summed E-state index contributed by atoms with van der Waals surface area (Å²) in [6.45, 7) is 8.16. The Morgan fingerprint density at radius 3 is 2.36 bits per heavy atom. The van der Waals surface area contributed by atoms with Gasteiger partial charge in [-0.15, -0.1) is 0 Å². The fourth-order valence-corrected chi connectivity index (χ4v) is 3.60. The van der Waals surface area contributed by atoms with Gasteiger partial charge in [-0.25, -0.2) is 0 Å². The molecule has 4 atom stereocenters. The van der Waals surface area contributed by atoms with Gasteiger partial charge in [0, 0.05) is 23.8 Å². The summed E-state index contributed by atoms with van der Waals surface area (Å²) in [4.78, 5) is 27.8. The van der Waals surface area contributed by atoms with Gasteiger partial charge in [-0.2, -0.15) is 0 Å². The molecule has 25 heavy (non-hydrogen) atoms. The average Bonchev–Trinajstić information content (AvgIpc) is 2.54. The topological polar surface area (TPSA) is 53.9 Å². The highest BCUT2D eigenvalue weighted by molar-refractivity contribution is 6.30. The lowest BCUT2D eigenvalue weighted by Gasteiger charge is -2.36. The maximum Gasteiger partial charge on any atom is 0.280 e. The van der Waals surface area contributed by atoms with Crippen molar-refractivity contribution in [1.82, 2.24) is 4.90 Å². The molecule has 6 heteroatoms. The van der Waals surface area contributed by atoms with Gasteiger partial charge < -0.3 is 15.1 Å². The molecule has 0 radical (unpaired) electrons. The molecule has 1 heterocycles. The van der Waals surface area contributed by atoms with Crippen molar-refractivity contribution in [2.75, 3.05) is 32.0 Å². The van der Waals surface area contributed by atoms with Gasteiger partial charge in [0.2, 0.25) is 0 Å². The van der Waals surface area contributed by atoms with Crippen LogP contribution in [-0.4, -0.2) is 49.4 Å². The molecule has 1 saturated heterocycles. The van der Waals surface area contributed by atoms with Gasteiger partial charge in [-0.05, 0) is 49.4 Å². The van der Waals surface area contributed by atoms with E-state index in [2.05, 4.69) is 19.2 Å². The largest absolute Gasteiger partial charge is 0.337 e. The Labute approximate surface area is 155 Å². The summed E-state index contributed by atoms with van der Waals surface area (Å²) in [5.41, 5.74) is 0.708. The Morgan fingerprint density at radius 1 is 1.24 bits per heavy atom. The minimum absolute atomic E-state index is 0.111. The van der Waals surface area contributed by atoms with Crippen LogP contribution in [0.3, 0.4) is 0 Å². The number of benzene rings is 1. The maximum absolute atomic E-state index is 12.8. The summed E-state index contributed by atoms with van der Waals surface area (Å²) < 4.78 is 0. The van der Waals surface area contributed by atoms with Crippen LogP contribution in [0, 0.1) is 11.8 Å². The molecule has 0 saturated carbocycles. The first kappa shape index (κ1) is 19.7. The number of carbonyl (C=O) groups excluding carboxylic acids is 2.